The molecule has 2 unspecified atom stereocenters. The molecule has 0 aliphatic rings. The van der Waals surface area contributed by atoms with Crippen LogP contribution in [0.1, 0.15) is 174 Å². The van der Waals surface area contributed by atoms with Crippen LogP contribution in [-0.2, 0) is 19.7 Å². The Labute approximate surface area is 290 Å². The fourth-order valence-electron chi connectivity index (χ4n) is 5.34. The van der Waals surface area contributed by atoms with Gasteiger partial charge >= 0.3 is 51.4 Å². The molecule has 0 aliphatic carbocycles. The molecule has 0 fully saturated rings. The fraction of sp³-hybridized carbons (Fsp3) is 0.938. The van der Waals surface area contributed by atoms with Crippen LogP contribution in [0, 0.1) is 5.92 Å². The Balaban J connectivity index is 0. The number of carbonyl (C=O) groups excluding carboxylic acids is 2. The van der Waals surface area contributed by atoms with Gasteiger partial charge in [-0.3, -0.25) is 9.59 Å². The number of hydrogen-bond acceptors (Lipinski definition) is 6. The van der Waals surface area contributed by atoms with Gasteiger partial charge in [-0.05, 0) is 12.8 Å². The molecular weight excluding hydrogens is 552 g/mol. The largest absolute Gasteiger partial charge is 1.00 e. The third-order valence-electron chi connectivity index (χ3n) is 7.94. The van der Waals surface area contributed by atoms with Crippen LogP contribution in [0.2, 0.25) is 0 Å². The zero-order valence-electron chi connectivity index (χ0n) is 26.4. The summed E-state index contributed by atoms with van der Waals surface area (Å²) in [5.41, 5.74) is 0. The Kier molecular flexibility index (Phi) is 32.1. The zero-order valence-corrected chi connectivity index (χ0v) is 30.4. The van der Waals surface area contributed by atoms with E-state index >= 15 is 0 Å². The number of hydrogen-bond donors (Lipinski definition) is 1. The topological polar surface area (TPSA) is 112 Å². The summed E-state index contributed by atoms with van der Waals surface area (Å²) in [6.45, 7) is 3.37. The first-order valence-corrected chi connectivity index (χ1v) is 17.9. The second-order valence-electron chi connectivity index (χ2n) is 11.5. The molecule has 0 heterocycles. The molecule has 1 N–H and O–H groups in total. The van der Waals surface area contributed by atoms with Gasteiger partial charge in [0, 0.05) is 6.42 Å². The predicted molar refractivity (Wildman–Crippen MR) is 161 cm³/mol. The van der Waals surface area contributed by atoms with Crippen molar-refractivity contribution in [2.24, 2.45) is 5.92 Å². The Morgan fingerprint density at radius 2 is 0.925 bits per heavy atom. The summed E-state index contributed by atoms with van der Waals surface area (Å²) in [4.78, 5) is 25.7. The second kappa shape index (κ2) is 29.9. The van der Waals surface area contributed by atoms with Gasteiger partial charge in [0.2, 0.25) is 0 Å². The van der Waals surface area contributed by atoms with Gasteiger partial charge in [-0.1, -0.05) is 155 Å². The maximum atomic E-state index is 12.9. The molecule has 0 saturated carbocycles. The molecule has 6 nitrogen and oxygen atoms in total. The average Bonchev–Trinajstić information content (AvgIpc) is 2.89. The maximum Gasteiger partial charge on any atom is 1.00 e. The van der Waals surface area contributed by atoms with Crippen molar-refractivity contribution in [3.63, 3.8) is 0 Å². The van der Waals surface area contributed by atoms with E-state index in [1.807, 2.05) is 0 Å². The van der Waals surface area contributed by atoms with E-state index in [-0.39, 0.29) is 70.0 Å². The van der Waals surface area contributed by atoms with Crippen LogP contribution in [0.5, 0.6) is 0 Å². The molecular formula is C32H61KO6S. The van der Waals surface area contributed by atoms with E-state index in [4.69, 9.17) is 0 Å². The number of aliphatic hydroxyl groups is 1. The van der Waals surface area contributed by atoms with E-state index in [0.717, 1.165) is 38.5 Å². The van der Waals surface area contributed by atoms with Crippen LogP contribution < -0.4 is 51.4 Å². The molecule has 40 heavy (non-hydrogen) atoms. The minimum atomic E-state index is -5.00. The molecule has 0 aliphatic heterocycles. The van der Waals surface area contributed by atoms with Crippen LogP contribution in [0.25, 0.3) is 0 Å². The SMILES string of the molecule is CCCCCCCCCCCCCCCCC(C(=O)CCCCCCCCCCC)C(=O)C(CO)S(=O)(=O)[O-].[K+]. The van der Waals surface area contributed by atoms with Crippen LogP contribution in [-0.4, -0.2) is 41.5 Å². The van der Waals surface area contributed by atoms with E-state index in [1.165, 1.54) is 96.3 Å². The summed E-state index contributed by atoms with van der Waals surface area (Å²) in [5, 5.41) is 7.36. The number of Topliss-reactive ketones (excluding diaryl/α,β-unsaturated/α-hetero) is 2. The van der Waals surface area contributed by atoms with Crippen molar-refractivity contribution in [3.05, 3.63) is 0 Å². The predicted octanol–water partition coefficient (Wildman–Crippen LogP) is 5.44. The van der Waals surface area contributed by atoms with Gasteiger partial charge in [-0.2, -0.15) is 0 Å². The van der Waals surface area contributed by atoms with Gasteiger partial charge in [0.25, 0.3) is 0 Å². The fourth-order valence-corrected chi connectivity index (χ4v) is 5.97. The van der Waals surface area contributed by atoms with Crippen LogP contribution >= 0.6 is 0 Å². The van der Waals surface area contributed by atoms with Crippen molar-refractivity contribution < 1.29 is 79.1 Å². The van der Waals surface area contributed by atoms with Crippen LogP contribution in [0.3, 0.4) is 0 Å². The van der Waals surface area contributed by atoms with Crippen molar-refractivity contribution >= 4 is 21.7 Å². The van der Waals surface area contributed by atoms with E-state index in [1.54, 1.807) is 0 Å². The summed E-state index contributed by atoms with van der Waals surface area (Å²) in [5.74, 6) is -2.29. The summed E-state index contributed by atoms with van der Waals surface area (Å²) in [6.07, 6.45) is 27.2. The number of aliphatic hydroxyl groups excluding tert-OH is 1. The van der Waals surface area contributed by atoms with Crippen molar-refractivity contribution in [2.75, 3.05) is 6.61 Å². The number of unbranched alkanes of at least 4 members (excludes halogenated alkanes) is 21. The maximum absolute atomic E-state index is 12.9. The number of rotatable bonds is 30. The molecule has 0 aromatic heterocycles. The molecule has 0 amide bonds. The summed E-state index contributed by atoms with van der Waals surface area (Å²) < 4.78 is 34.5. The Morgan fingerprint density at radius 1 is 0.600 bits per heavy atom. The number of ketones is 2. The van der Waals surface area contributed by atoms with E-state index in [0.29, 0.717) is 12.8 Å². The molecule has 8 heteroatoms. The first-order valence-electron chi connectivity index (χ1n) is 16.4. The van der Waals surface area contributed by atoms with Gasteiger partial charge in [-0.15, -0.1) is 0 Å². The Hall–Kier alpha value is 0.846. The monoisotopic (exact) mass is 612 g/mol. The molecule has 232 valence electrons. The van der Waals surface area contributed by atoms with E-state index in [2.05, 4.69) is 13.8 Å². The van der Waals surface area contributed by atoms with Crippen molar-refractivity contribution in [3.8, 4) is 0 Å². The van der Waals surface area contributed by atoms with Crippen LogP contribution in [0.4, 0.5) is 0 Å². The molecule has 0 rings (SSSR count). The van der Waals surface area contributed by atoms with Gasteiger partial charge in [-0.25, -0.2) is 8.42 Å². The molecule has 0 radical (unpaired) electrons. The van der Waals surface area contributed by atoms with Gasteiger partial charge < -0.3 is 9.66 Å². The summed E-state index contributed by atoms with van der Waals surface area (Å²) in [6, 6.07) is 0. The molecule has 0 spiro atoms. The Bertz CT molecular complexity index is 698. The molecule has 0 aromatic rings. The summed E-state index contributed by atoms with van der Waals surface area (Å²) in [7, 11) is -5.00. The normalized spacial score (nSPS) is 13.1. The first kappa shape index (κ1) is 43.0. The zero-order chi connectivity index (χ0) is 29.2. The summed E-state index contributed by atoms with van der Waals surface area (Å²) >= 11 is 0. The molecule has 0 aromatic carbocycles. The van der Waals surface area contributed by atoms with Crippen molar-refractivity contribution in [1.29, 1.82) is 0 Å². The van der Waals surface area contributed by atoms with Crippen LogP contribution in [0.15, 0.2) is 0 Å². The molecule has 2 atom stereocenters. The minimum Gasteiger partial charge on any atom is -0.747 e. The van der Waals surface area contributed by atoms with Gasteiger partial charge in [0.05, 0.1) is 12.5 Å². The molecule has 0 saturated heterocycles. The van der Waals surface area contributed by atoms with Crippen molar-refractivity contribution in [1.82, 2.24) is 0 Å². The third-order valence-corrected chi connectivity index (χ3v) is 9.02. The second-order valence-corrected chi connectivity index (χ2v) is 13.1. The third kappa shape index (κ3) is 24.3. The first-order chi connectivity index (χ1) is 18.8. The quantitative estimate of drug-likeness (QED) is 0.0500. The smallest absolute Gasteiger partial charge is 0.747 e. The Morgan fingerprint density at radius 3 is 1.25 bits per heavy atom. The van der Waals surface area contributed by atoms with Gasteiger partial charge in [0.1, 0.15) is 21.2 Å². The van der Waals surface area contributed by atoms with Gasteiger partial charge in [0.15, 0.2) is 5.78 Å². The van der Waals surface area contributed by atoms with E-state index < -0.39 is 33.7 Å². The minimum absolute atomic E-state index is 0. The number of carbonyl (C=O) groups is 2. The molecule has 0 bridgehead atoms. The standard InChI is InChI=1S/C32H62O6S.K/c1-3-5-7-9-11-13-14-15-16-17-19-20-22-24-26-29(32(35)31(28-33)39(36,37)38)30(34)27-25-23-21-18-12-10-8-6-4-2;/h29,31,33H,3-28H2,1-2H3,(H,36,37,38);/q;+1/p-1. The average molecular weight is 613 g/mol. The van der Waals surface area contributed by atoms with Crippen molar-refractivity contribution in [2.45, 2.75) is 180 Å². The van der Waals surface area contributed by atoms with E-state index in [9.17, 15) is 27.7 Å².